The number of nitrogens with zero attached hydrogens (tertiary/aromatic N) is 3. The third-order valence-corrected chi connectivity index (χ3v) is 6.51. The lowest BCUT2D eigenvalue weighted by molar-refractivity contribution is 0.0517. The van der Waals surface area contributed by atoms with Gasteiger partial charge >= 0.3 is 5.97 Å². The van der Waals surface area contributed by atoms with Crippen molar-refractivity contribution in [3.63, 3.8) is 0 Å². The summed E-state index contributed by atoms with van der Waals surface area (Å²) in [6.07, 6.45) is 3.95. The molecule has 2 aromatic carbocycles. The fraction of sp³-hybridized carbons (Fsp3) is 0.346. The molecule has 1 unspecified atom stereocenters. The van der Waals surface area contributed by atoms with Crippen LogP contribution in [-0.4, -0.2) is 45.8 Å². The Labute approximate surface area is 187 Å². The highest BCUT2D eigenvalue weighted by atomic mass is 16.5. The molecule has 0 spiro atoms. The first kappa shape index (κ1) is 20.5. The van der Waals surface area contributed by atoms with Gasteiger partial charge in [0.15, 0.2) is 5.69 Å². The summed E-state index contributed by atoms with van der Waals surface area (Å²) in [6.45, 7) is 5.03. The predicted octanol–water partition coefficient (Wildman–Crippen LogP) is 4.63. The molecule has 0 radical (unpaired) electrons. The van der Waals surface area contributed by atoms with Crippen LogP contribution in [0.5, 0.6) is 0 Å². The first-order valence-electron chi connectivity index (χ1n) is 11.4. The maximum Gasteiger partial charge on any atom is 0.359 e. The number of piperidine rings is 1. The van der Waals surface area contributed by atoms with E-state index in [2.05, 4.69) is 24.2 Å². The molecule has 1 saturated heterocycles. The van der Waals surface area contributed by atoms with Gasteiger partial charge in [-0.3, -0.25) is 4.79 Å². The molecule has 5 rings (SSSR count). The van der Waals surface area contributed by atoms with E-state index in [9.17, 15) is 9.59 Å². The number of carbonyl (C=O) groups is 2. The molecule has 1 aromatic heterocycles. The fourth-order valence-electron chi connectivity index (χ4n) is 4.85. The van der Waals surface area contributed by atoms with Crippen molar-refractivity contribution in [2.45, 2.75) is 45.6 Å². The minimum Gasteiger partial charge on any atom is -0.461 e. The second-order valence-corrected chi connectivity index (χ2v) is 8.53. The molecule has 1 fully saturated rings. The summed E-state index contributed by atoms with van der Waals surface area (Å²) in [6, 6.07) is 16.0. The summed E-state index contributed by atoms with van der Waals surface area (Å²) >= 11 is 0. The maximum absolute atomic E-state index is 13.0. The summed E-state index contributed by atoms with van der Waals surface area (Å²) in [5.74, 6) is -0.326. The Morgan fingerprint density at radius 2 is 1.88 bits per heavy atom. The van der Waals surface area contributed by atoms with Crippen LogP contribution < -0.4 is 0 Å². The van der Waals surface area contributed by atoms with Crippen LogP contribution in [0.1, 0.15) is 65.1 Å². The van der Waals surface area contributed by atoms with Gasteiger partial charge in [0.05, 0.1) is 18.0 Å². The molecule has 1 amide bonds. The molecule has 32 heavy (non-hydrogen) atoms. The van der Waals surface area contributed by atoms with E-state index < -0.39 is 5.97 Å². The summed E-state index contributed by atoms with van der Waals surface area (Å²) in [5, 5.41) is 4.64. The van der Waals surface area contributed by atoms with Crippen molar-refractivity contribution < 1.29 is 14.3 Å². The Bertz CT molecular complexity index is 1180. The highest BCUT2D eigenvalue weighted by Gasteiger charge is 2.31. The molecule has 6 heteroatoms. The van der Waals surface area contributed by atoms with Crippen molar-refractivity contribution in [1.29, 1.82) is 0 Å². The molecule has 2 heterocycles. The van der Waals surface area contributed by atoms with E-state index in [1.807, 2.05) is 46.0 Å². The average molecular weight is 430 g/mol. The van der Waals surface area contributed by atoms with Crippen molar-refractivity contribution in [3.05, 3.63) is 70.9 Å². The lowest BCUT2D eigenvalue weighted by Crippen LogP contribution is -2.42. The summed E-state index contributed by atoms with van der Waals surface area (Å²) in [7, 11) is 0. The van der Waals surface area contributed by atoms with Crippen molar-refractivity contribution in [1.82, 2.24) is 14.7 Å². The Morgan fingerprint density at radius 1 is 1.09 bits per heavy atom. The third kappa shape index (κ3) is 3.40. The molecule has 164 valence electrons. The standard InChI is InChI=1S/C26H27N3O3/c1-3-32-26(31)23-22-16-19-9-4-5-10-21(19)24(22)29(27-23)20-13-11-18(12-14-20)25(30)28-15-7-6-8-17(28)2/h4-5,9-14,17H,3,6-8,15-16H2,1-2H3. The number of hydrogen-bond donors (Lipinski definition) is 0. The van der Waals surface area contributed by atoms with Gasteiger partial charge in [-0.1, -0.05) is 24.3 Å². The van der Waals surface area contributed by atoms with Gasteiger partial charge in [-0.2, -0.15) is 5.10 Å². The number of rotatable bonds is 4. The van der Waals surface area contributed by atoms with E-state index in [1.54, 1.807) is 6.92 Å². The Morgan fingerprint density at radius 3 is 2.62 bits per heavy atom. The van der Waals surface area contributed by atoms with Gasteiger partial charge in [0.25, 0.3) is 5.91 Å². The number of esters is 1. The van der Waals surface area contributed by atoms with E-state index >= 15 is 0 Å². The molecule has 1 aliphatic carbocycles. The second-order valence-electron chi connectivity index (χ2n) is 8.53. The first-order valence-corrected chi connectivity index (χ1v) is 11.4. The van der Waals surface area contributed by atoms with Crippen LogP contribution in [0.25, 0.3) is 16.9 Å². The largest absolute Gasteiger partial charge is 0.461 e. The Kier molecular flexibility index (Phi) is 5.29. The van der Waals surface area contributed by atoms with Crippen molar-refractivity contribution in [2.24, 2.45) is 0 Å². The average Bonchev–Trinajstić information content (AvgIpc) is 3.37. The number of aromatic nitrogens is 2. The molecule has 3 aromatic rings. The van der Waals surface area contributed by atoms with Crippen LogP contribution in [0.2, 0.25) is 0 Å². The zero-order valence-corrected chi connectivity index (χ0v) is 18.5. The van der Waals surface area contributed by atoms with Crippen molar-refractivity contribution >= 4 is 11.9 Å². The quantitative estimate of drug-likeness (QED) is 0.444. The Balaban J connectivity index is 1.52. The van der Waals surface area contributed by atoms with E-state index in [0.717, 1.165) is 41.9 Å². The van der Waals surface area contributed by atoms with Gasteiger partial charge in [0.2, 0.25) is 0 Å². The molecule has 0 saturated carbocycles. The van der Waals surface area contributed by atoms with E-state index in [-0.39, 0.29) is 11.9 Å². The highest BCUT2D eigenvalue weighted by Crippen LogP contribution is 2.40. The lowest BCUT2D eigenvalue weighted by Gasteiger charge is -2.33. The molecule has 0 N–H and O–H groups in total. The van der Waals surface area contributed by atoms with Crippen LogP contribution >= 0.6 is 0 Å². The maximum atomic E-state index is 13.0. The SMILES string of the molecule is CCOC(=O)c1nn(-c2ccc(C(=O)N3CCCCC3C)cc2)c2c1Cc1ccccc1-2. The number of ether oxygens (including phenoxy) is 1. The monoisotopic (exact) mass is 429 g/mol. The van der Waals surface area contributed by atoms with Crippen LogP contribution in [0.3, 0.4) is 0 Å². The molecular weight excluding hydrogens is 402 g/mol. The molecular formula is C26H27N3O3. The molecule has 6 nitrogen and oxygen atoms in total. The Hall–Kier alpha value is -3.41. The number of hydrogen-bond acceptors (Lipinski definition) is 4. The third-order valence-electron chi connectivity index (χ3n) is 6.51. The van der Waals surface area contributed by atoms with Crippen molar-refractivity contribution in [3.8, 4) is 16.9 Å². The molecule has 2 aliphatic rings. The molecule has 1 aliphatic heterocycles. The topological polar surface area (TPSA) is 64.4 Å². The van der Waals surface area contributed by atoms with Gasteiger partial charge in [0.1, 0.15) is 0 Å². The summed E-state index contributed by atoms with van der Waals surface area (Å²) in [5.41, 5.74) is 5.92. The second kappa shape index (κ2) is 8.26. The minimum atomic E-state index is -0.402. The number of amides is 1. The van der Waals surface area contributed by atoms with E-state index in [4.69, 9.17) is 4.74 Å². The normalized spacial score (nSPS) is 17.1. The lowest BCUT2D eigenvalue weighted by atomic mass is 10.0. The molecule has 0 bridgehead atoms. The summed E-state index contributed by atoms with van der Waals surface area (Å²) in [4.78, 5) is 27.6. The minimum absolute atomic E-state index is 0.0759. The van der Waals surface area contributed by atoms with Gasteiger partial charge in [-0.15, -0.1) is 0 Å². The van der Waals surface area contributed by atoms with Gasteiger partial charge < -0.3 is 9.64 Å². The fourth-order valence-corrected chi connectivity index (χ4v) is 4.85. The van der Waals surface area contributed by atoms with E-state index in [0.29, 0.717) is 24.3 Å². The summed E-state index contributed by atoms with van der Waals surface area (Å²) < 4.78 is 7.07. The van der Waals surface area contributed by atoms with Crippen LogP contribution in [0.15, 0.2) is 48.5 Å². The number of benzene rings is 2. The van der Waals surface area contributed by atoms with Crippen LogP contribution in [-0.2, 0) is 11.2 Å². The smallest absolute Gasteiger partial charge is 0.359 e. The first-order chi connectivity index (χ1) is 15.6. The highest BCUT2D eigenvalue weighted by molar-refractivity contribution is 5.95. The predicted molar refractivity (Wildman–Crippen MR) is 122 cm³/mol. The zero-order valence-electron chi connectivity index (χ0n) is 18.5. The van der Waals surface area contributed by atoms with Crippen LogP contribution in [0.4, 0.5) is 0 Å². The van der Waals surface area contributed by atoms with E-state index in [1.165, 1.54) is 12.0 Å². The number of carbonyl (C=O) groups excluding carboxylic acids is 2. The zero-order chi connectivity index (χ0) is 22.2. The van der Waals surface area contributed by atoms with Crippen LogP contribution in [0, 0.1) is 0 Å². The van der Waals surface area contributed by atoms with Gasteiger partial charge in [0, 0.05) is 35.7 Å². The number of fused-ring (bicyclic) bond motifs is 3. The van der Waals surface area contributed by atoms with Crippen molar-refractivity contribution in [2.75, 3.05) is 13.2 Å². The van der Waals surface area contributed by atoms with Gasteiger partial charge in [-0.25, -0.2) is 9.48 Å². The van der Waals surface area contributed by atoms with Gasteiger partial charge in [-0.05, 0) is 62.9 Å². The number of likely N-dealkylation sites (tertiary alicyclic amines) is 1. The molecule has 1 atom stereocenters.